The fourth-order valence-electron chi connectivity index (χ4n) is 1.74. The summed E-state index contributed by atoms with van der Waals surface area (Å²) in [5.74, 6) is 0.544. The van der Waals surface area contributed by atoms with Gasteiger partial charge < -0.3 is 9.84 Å². The van der Waals surface area contributed by atoms with E-state index in [4.69, 9.17) is 4.74 Å². The van der Waals surface area contributed by atoms with Gasteiger partial charge in [-0.15, -0.1) is 11.3 Å². The van der Waals surface area contributed by atoms with Gasteiger partial charge in [-0.2, -0.15) is 0 Å². The molecule has 0 aliphatic carbocycles. The van der Waals surface area contributed by atoms with Crippen molar-refractivity contribution in [2.24, 2.45) is 5.92 Å². The van der Waals surface area contributed by atoms with Crippen LogP contribution < -0.4 is 0 Å². The second-order valence-corrected chi connectivity index (χ2v) is 5.72. The highest BCUT2D eigenvalue weighted by Gasteiger charge is 2.22. The number of halogens is 1. The van der Waals surface area contributed by atoms with Gasteiger partial charge in [-0.1, -0.05) is 0 Å². The predicted octanol–water partition coefficient (Wildman–Crippen LogP) is 2.81. The van der Waals surface area contributed by atoms with E-state index in [9.17, 15) is 5.11 Å². The standard InChI is InChI=1S/C10H13IO2S/c11-8-2-4-14-10(8)9(12)5-7-1-3-13-6-7/h2,4,7,9,12H,1,3,5-6H2. The average Bonchev–Trinajstić information content (AvgIpc) is 2.75. The number of hydrogen-bond acceptors (Lipinski definition) is 3. The molecule has 2 unspecified atom stereocenters. The van der Waals surface area contributed by atoms with Crippen LogP contribution in [0.3, 0.4) is 0 Å². The molecule has 1 aromatic heterocycles. The van der Waals surface area contributed by atoms with E-state index in [1.165, 1.54) is 3.57 Å². The second-order valence-electron chi connectivity index (χ2n) is 3.61. The van der Waals surface area contributed by atoms with Crippen LogP contribution >= 0.6 is 33.9 Å². The third-order valence-electron chi connectivity index (χ3n) is 2.53. The van der Waals surface area contributed by atoms with Gasteiger partial charge in [-0.05, 0) is 52.8 Å². The molecule has 1 saturated heterocycles. The maximum absolute atomic E-state index is 10.0. The maximum atomic E-state index is 10.0. The van der Waals surface area contributed by atoms with Crippen LogP contribution in [0.15, 0.2) is 11.4 Å². The summed E-state index contributed by atoms with van der Waals surface area (Å²) in [6, 6.07) is 2.05. The molecule has 1 N–H and O–H groups in total. The minimum Gasteiger partial charge on any atom is -0.388 e. The number of hydrogen-bond donors (Lipinski definition) is 1. The molecule has 0 spiro atoms. The highest BCUT2D eigenvalue weighted by molar-refractivity contribution is 14.1. The van der Waals surface area contributed by atoms with E-state index < -0.39 is 0 Å². The number of aliphatic hydroxyl groups is 1. The van der Waals surface area contributed by atoms with E-state index in [2.05, 4.69) is 28.7 Å². The van der Waals surface area contributed by atoms with Crippen molar-refractivity contribution in [2.45, 2.75) is 18.9 Å². The SMILES string of the molecule is OC(CC1CCOC1)c1sccc1I. The fraction of sp³-hybridized carbons (Fsp3) is 0.600. The third-order valence-corrected chi connectivity index (χ3v) is 4.85. The monoisotopic (exact) mass is 324 g/mol. The lowest BCUT2D eigenvalue weighted by molar-refractivity contribution is 0.131. The van der Waals surface area contributed by atoms with Crippen LogP contribution in [0.25, 0.3) is 0 Å². The molecule has 0 amide bonds. The molecule has 14 heavy (non-hydrogen) atoms. The molecule has 1 fully saturated rings. The van der Waals surface area contributed by atoms with Crippen LogP contribution in [0.5, 0.6) is 0 Å². The molecule has 78 valence electrons. The van der Waals surface area contributed by atoms with Gasteiger partial charge in [0.25, 0.3) is 0 Å². The van der Waals surface area contributed by atoms with Crippen LogP contribution in [0.4, 0.5) is 0 Å². The Labute approximate surface area is 101 Å². The van der Waals surface area contributed by atoms with E-state index in [1.54, 1.807) is 11.3 Å². The number of aliphatic hydroxyl groups excluding tert-OH is 1. The first-order valence-corrected chi connectivity index (χ1v) is 6.72. The van der Waals surface area contributed by atoms with Crippen molar-refractivity contribution in [1.29, 1.82) is 0 Å². The normalized spacial score (nSPS) is 24.0. The fourth-order valence-corrected chi connectivity index (χ4v) is 3.68. The summed E-state index contributed by atoms with van der Waals surface area (Å²) in [6.07, 6.45) is 1.64. The Morgan fingerprint density at radius 3 is 3.14 bits per heavy atom. The zero-order chi connectivity index (χ0) is 9.97. The van der Waals surface area contributed by atoms with Gasteiger partial charge in [-0.25, -0.2) is 0 Å². The summed E-state index contributed by atoms with van der Waals surface area (Å²) in [5.41, 5.74) is 0. The Kier molecular flexibility index (Phi) is 3.81. The summed E-state index contributed by atoms with van der Waals surface area (Å²) in [4.78, 5) is 1.11. The van der Waals surface area contributed by atoms with Crippen molar-refractivity contribution in [3.8, 4) is 0 Å². The van der Waals surface area contributed by atoms with Gasteiger partial charge in [0.1, 0.15) is 0 Å². The smallest absolute Gasteiger partial charge is 0.0896 e. The molecule has 2 atom stereocenters. The average molecular weight is 324 g/mol. The van der Waals surface area contributed by atoms with E-state index in [0.717, 1.165) is 30.9 Å². The first-order valence-electron chi connectivity index (χ1n) is 4.76. The van der Waals surface area contributed by atoms with Gasteiger partial charge in [0.2, 0.25) is 0 Å². The summed E-state index contributed by atoms with van der Waals surface area (Å²) in [5, 5.41) is 12.0. The minimum absolute atomic E-state index is 0.298. The molecule has 1 aromatic rings. The summed E-state index contributed by atoms with van der Waals surface area (Å²) in [6.45, 7) is 1.68. The van der Waals surface area contributed by atoms with Crippen molar-refractivity contribution >= 4 is 33.9 Å². The highest BCUT2D eigenvalue weighted by atomic mass is 127. The van der Waals surface area contributed by atoms with Crippen LogP contribution in [0.2, 0.25) is 0 Å². The van der Waals surface area contributed by atoms with E-state index in [1.807, 2.05) is 5.38 Å². The lowest BCUT2D eigenvalue weighted by Crippen LogP contribution is -2.06. The van der Waals surface area contributed by atoms with Gasteiger partial charge in [0.05, 0.1) is 6.10 Å². The van der Waals surface area contributed by atoms with Crippen molar-refractivity contribution in [1.82, 2.24) is 0 Å². The zero-order valence-electron chi connectivity index (χ0n) is 7.78. The van der Waals surface area contributed by atoms with E-state index in [0.29, 0.717) is 5.92 Å². The number of rotatable bonds is 3. The first kappa shape index (κ1) is 10.9. The summed E-state index contributed by atoms with van der Waals surface area (Å²) < 4.78 is 6.48. The van der Waals surface area contributed by atoms with E-state index in [-0.39, 0.29) is 6.10 Å². The second kappa shape index (κ2) is 4.92. The van der Waals surface area contributed by atoms with E-state index >= 15 is 0 Å². The molecule has 4 heteroatoms. The van der Waals surface area contributed by atoms with Crippen molar-refractivity contribution in [3.63, 3.8) is 0 Å². The minimum atomic E-state index is -0.298. The molecule has 0 saturated carbocycles. The summed E-state index contributed by atoms with van der Waals surface area (Å²) in [7, 11) is 0. The lowest BCUT2D eigenvalue weighted by Gasteiger charge is -2.13. The van der Waals surface area contributed by atoms with Crippen LogP contribution in [-0.4, -0.2) is 18.3 Å². The molecule has 0 aromatic carbocycles. The molecule has 0 bridgehead atoms. The number of ether oxygens (including phenoxy) is 1. The molecule has 1 aliphatic heterocycles. The van der Waals surface area contributed by atoms with Crippen LogP contribution in [-0.2, 0) is 4.74 Å². The highest BCUT2D eigenvalue weighted by Crippen LogP contribution is 2.32. The topological polar surface area (TPSA) is 29.5 Å². The Bertz CT molecular complexity index is 294. The molecule has 1 aliphatic rings. The summed E-state index contributed by atoms with van der Waals surface area (Å²) >= 11 is 3.92. The first-order chi connectivity index (χ1) is 6.77. The van der Waals surface area contributed by atoms with Crippen molar-refractivity contribution < 1.29 is 9.84 Å². The van der Waals surface area contributed by atoms with Crippen LogP contribution in [0.1, 0.15) is 23.8 Å². The van der Waals surface area contributed by atoms with Gasteiger partial charge in [0, 0.05) is 21.7 Å². The Morgan fingerprint density at radius 2 is 2.57 bits per heavy atom. The van der Waals surface area contributed by atoms with Gasteiger partial charge >= 0.3 is 0 Å². The lowest BCUT2D eigenvalue weighted by atomic mass is 10.0. The van der Waals surface area contributed by atoms with Crippen molar-refractivity contribution in [2.75, 3.05) is 13.2 Å². The van der Waals surface area contributed by atoms with Gasteiger partial charge in [-0.3, -0.25) is 0 Å². The quantitative estimate of drug-likeness (QED) is 0.867. The van der Waals surface area contributed by atoms with Crippen molar-refractivity contribution in [3.05, 3.63) is 19.9 Å². The largest absolute Gasteiger partial charge is 0.388 e. The number of thiophene rings is 1. The van der Waals surface area contributed by atoms with Crippen LogP contribution in [0, 0.1) is 9.49 Å². The third kappa shape index (κ3) is 2.48. The predicted molar refractivity (Wildman–Crippen MR) is 65.5 cm³/mol. The molecule has 2 rings (SSSR count). The molecular weight excluding hydrogens is 311 g/mol. The Hall–Kier alpha value is 0.350. The Balaban J connectivity index is 1.95. The maximum Gasteiger partial charge on any atom is 0.0896 e. The molecule has 0 radical (unpaired) electrons. The molecule has 2 heterocycles. The molecular formula is C10H13IO2S. The van der Waals surface area contributed by atoms with Gasteiger partial charge in [0.15, 0.2) is 0 Å². The Morgan fingerprint density at radius 1 is 1.71 bits per heavy atom. The zero-order valence-corrected chi connectivity index (χ0v) is 10.8. The molecule has 2 nitrogen and oxygen atoms in total.